The Morgan fingerprint density at radius 2 is 1.19 bits per heavy atom. The van der Waals surface area contributed by atoms with Gasteiger partial charge in [-0.2, -0.15) is 19.9 Å². The molecule has 6 aromatic rings. The lowest BCUT2D eigenvalue weighted by atomic mass is 10.2. The van der Waals surface area contributed by atoms with Gasteiger partial charge in [-0.3, -0.25) is 9.13 Å². The molecule has 2 aromatic carbocycles. The van der Waals surface area contributed by atoms with E-state index in [1.165, 1.54) is 19.2 Å². The average molecular weight is 829 g/mol. The maximum absolute atomic E-state index is 12.1. The fourth-order valence-corrected chi connectivity index (χ4v) is 6.05. The lowest BCUT2D eigenvalue weighted by Crippen LogP contribution is -2.20. The molecular weight excluding hydrogens is 788 g/mol. The van der Waals surface area contributed by atoms with Crippen molar-refractivity contribution in [2.45, 2.75) is 62.8 Å². The number of rotatable bonds is 10. The predicted octanol–water partition coefficient (Wildman–Crippen LogP) is 3.61. The van der Waals surface area contributed by atoms with Gasteiger partial charge in [-0.05, 0) is 49.9 Å². The summed E-state index contributed by atoms with van der Waals surface area (Å²) in [5, 5.41) is 3.49. The minimum atomic E-state index is -0.695. The fraction of sp³-hybridized carbons (Fsp3) is 0.368. The number of nitrogens with one attached hydrogen (secondary N) is 1. The van der Waals surface area contributed by atoms with Crippen molar-refractivity contribution in [2.75, 3.05) is 43.2 Å². The summed E-state index contributed by atoms with van der Waals surface area (Å²) >= 11 is 6.02. The van der Waals surface area contributed by atoms with Gasteiger partial charge in [0.1, 0.15) is 18.7 Å². The molecule has 2 saturated heterocycles. The Kier molecular flexibility index (Phi) is 12.0. The molecule has 0 amide bonds. The molecule has 6 heterocycles. The van der Waals surface area contributed by atoms with Gasteiger partial charge >= 0.3 is 11.9 Å². The highest BCUT2D eigenvalue weighted by Gasteiger charge is 2.32. The van der Waals surface area contributed by atoms with Crippen molar-refractivity contribution in [3.63, 3.8) is 0 Å². The van der Waals surface area contributed by atoms with Crippen molar-refractivity contribution < 1.29 is 38.0 Å². The van der Waals surface area contributed by atoms with E-state index in [9.17, 15) is 9.59 Å². The molecule has 0 bridgehead atoms. The minimum absolute atomic E-state index is 0.0114. The normalized spacial score (nSPS) is 21.0. The van der Waals surface area contributed by atoms with E-state index in [1.54, 1.807) is 64.0 Å². The molecule has 2 aliphatic heterocycles. The Morgan fingerprint density at radius 1 is 0.712 bits per heavy atom. The molecule has 4 aliphatic rings. The molecule has 308 valence electrons. The van der Waals surface area contributed by atoms with Gasteiger partial charge in [0, 0.05) is 12.1 Å². The van der Waals surface area contributed by atoms with Crippen LogP contribution < -0.4 is 22.5 Å². The van der Waals surface area contributed by atoms with Crippen molar-refractivity contribution in [1.82, 2.24) is 39.0 Å². The third-order valence-corrected chi connectivity index (χ3v) is 9.45. The van der Waals surface area contributed by atoms with Gasteiger partial charge < -0.3 is 50.9 Å². The molecule has 4 fully saturated rings. The number of imidazole rings is 2. The van der Waals surface area contributed by atoms with Gasteiger partial charge in [0.2, 0.25) is 11.9 Å². The van der Waals surface area contributed by atoms with Crippen molar-refractivity contribution in [1.29, 1.82) is 0 Å². The zero-order valence-electron chi connectivity index (χ0n) is 31.5. The van der Waals surface area contributed by atoms with E-state index >= 15 is 0 Å². The Balaban J connectivity index is 0.000000150. The lowest BCUT2D eigenvalue weighted by molar-refractivity contribution is -0.102. The number of ether oxygens (including phenoxy) is 6. The number of aromatic nitrogens is 8. The summed E-state index contributed by atoms with van der Waals surface area (Å²) in [6, 6.07) is 18.5. The SMILES string of the molecule is NC1CC1.Nc1nc(Cl)c2ncn([C@H]3CO[C@@H](COC(=O)c4ccccc4)O3)c2n1.Nc1nc(NC2CC2)c2ncn([C@H]3CO[C@@H](COC(=O)c4ccccc4)O3)c2n1. The first kappa shape index (κ1) is 39.8. The van der Waals surface area contributed by atoms with Crippen LogP contribution in [0.5, 0.6) is 0 Å². The molecule has 4 atom stereocenters. The molecule has 2 saturated carbocycles. The van der Waals surface area contributed by atoms with Crippen LogP contribution in [0.15, 0.2) is 73.3 Å². The standard InChI is InChI=1S/C19H20N6O4.C16H14ClN5O4.C3H7N/c20-19-23-16(22-12-6-7-12)15-17(24-19)25(10-21-15)13-8-27-14(29-13)9-28-18(26)11-4-2-1-3-5-11;17-13-12-14(21-16(18)20-13)22(8-19-12)10-6-24-11(26-10)7-25-15(23)9-4-2-1-3-5-9;4-3-1-2-3/h1-5,10,12-14H,6-9H2,(H3,20,22,23,24);1-5,8,10-11H,6-7H2,(H2,18,20,21);3H,1-2,4H2/t13-,14-;10-,11-;/m11./s1. The van der Waals surface area contributed by atoms with Crippen LogP contribution in [0.25, 0.3) is 22.3 Å². The minimum Gasteiger partial charge on any atom is -0.457 e. The van der Waals surface area contributed by atoms with Gasteiger partial charge in [-0.25, -0.2) is 19.6 Å². The Morgan fingerprint density at radius 3 is 1.68 bits per heavy atom. The van der Waals surface area contributed by atoms with Crippen LogP contribution in [0.3, 0.4) is 0 Å². The molecule has 4 aromatic heterocycles. The number of nitrogens with two attached hydrogens (primary N) is 3. The van der Waals surface area contributed by atoms with Crippen molar-refractivity contribution >= 4 is 63.6 Å². The number of esters is 2. The largest absolute Gasteiger partial charge is 0.457 e. The van der Waals surface area contributed by atoms with Gasteiger partial charge in [0.25, 0.3) is 0 Å². The van der Waals surface area contributed by atoms with Crippen LogP contribution in [0.2, 0.25) is 5.15 Å². The van der Waals surface area contributed by atoms with Gasteiger partial charge in [-0.15, -0.1) is 0 Å². The number of carbonyl (C=O) groups is 2. The average Bonchev–Trinajstić information content (AvgIpc) is 3.93. The van der Waals surface area contributed by atoms with Crippen molar-refractivity contribution in [3.8, 4) is 0 Å². The van der Waals surface area contributed by atoms with Gasteiger partial charge in [0.15, 0.2) is 52.8 Å². The number of halogens is 1. The molecule has 59 heavy (non-hydrogen) atoms. The summed E-state index contributed by atoms with van der Waals surface area (Å²) in [5.74, 6) is -0.0422. The first-order chi connectivity index (χ1) is 28.7. The van der Waals surface area contributed by atoms with Crippen LogP contribution in [0.4, 0.5) is 17.7 Å². The quantitative estimate of drug-likeness (QED) is 0.113. The zero-order chi connectivity index (χ0) is 40.9. The number of hydrogen-bond donors (Lipinski definition) is 4. The van der Waals surface area contributed by atoms with E-state index < -0.39 is 37.0 Å². The second-order valence-corrected chi connectivity index (χ2v) is 14.2. The van der Waals surface area contributed by atoms with E-state index in [2.05, 4.69) is 35.2 Å². The summed E-state index contributed by atoms with van der Waals surface area (Å²) in [4.78, 5) is 49.2. The monoisotopic (exact) mass is 828 g/mol. The third kappa shape index (κ3) is 9.99. The highest BCUT2D eigenvalue weighted by Crippen LogP contribution is 2.31. The second kappa shape index (κ2) is 17.9. The highest BCUT2D eigenvalue weighted by atomic mass is 35.5. The molecule has 20 nitrogen and oxygen atoms in total. The van der Waals surface area contributed by atoms with Crippen molar-refractivity contribution in [3.05, 3.63) is 89.6 Å². The van der Waals surface area contributed by atoms with Crippen LogP contribution >= 0.6 is 11.6 Å². The van der Waals surface area contributed by atoms with Gasteiger partial charge in [0.05, 0.1) is 37.0 Å². The summed E-state index contributed by atoms with van der Waals surface area (Å²) in [7, 11) is 0. The molecular formula is C38H41ClN12O8. The summed E-state index contributed by atoms with van der Waals surface area (Å²) in [6.07, 6.45) is 5.58. The van der Waals surface area contributed by atoms with E-state index in [4.69, 9.17) is 57.2 Å². The van der Waals surface area contributed by atoms with Crippen LogP contribution in [0.1, 0.15) is 58.9 Å². The van der Waals surface area contributed by atoms with E-state index in [1.807, 2.05) is 12.1 Å². The molecule has 7 N–H and O–H groups in total. The number of anilines is 3. The first-order valence-electron chi connectivity index (χ1n) is 18.8. The van der Waals surface area contributed by atoms with Crippen LogP contribution in [-0.4, -0.2) is 102 Å². The summed E-state index contributed by atoms with van der Waals surface area (Å²) in [5.41, 5.74) is 19.7. The van der Waals surface area contributed by atoms with Crippen LogP contribution in [-0.2, 0) is 28.4 Å². The molecule has 10 rings (SSSR count). The highest BCUT2D eigenvalue weighted by molar-refractivity contribution is 6.33. The van der Waals surface area contributed by atoms with E-state index in [-0.39, 0.29) is 43.5 Å². The Hall–Kier alpha value is -6.03. The molecule has 21 heteroatoms. The third-order valence-electron chi connectivity index (χ3n) is 9.18. The number of carbonyl (C=O) groups excluding carboxylic acids is 2. The van der Waals surface area contributed by atoms with Crippen LogP contribution in [0, 0.1) is 0 Å². The zero-order valence-corrected chi connectivity index (χ0v) is 32.3. The first-order valence-corrected chi connectivity index (χ1v) is 19.2. The maximum atomic E-state index is 12.1. The summed E-state index contributed by atoms with van der Waals surface area (Å²) in [6.45, 7) is 0.464. The number of benzene rings is 2. The lowest BCUT2D eigenvalue weighted by Gasteiger charge is -2.13. The Labute approximate surface area is 341 Å². The number of hydrogen-bond acceptors (Lipinski definition) is 18. The Bertz CT molecular complexity index is 2400. The van der Waals surface area contributed by atoms with Gasteiger partial charge in [-0.1, -0.05) is 48.0 Å². The number of fused-ring (bicyclic) bond motifs is 2. The molecule has 2 aliphatic carbocycles. The summed E-state index contributed by atoms with van der Waals surface area (Å²) < 4.78 is 36.7. The van der Waals surface area contributed by atoms with E-state index in [0.717, 1.165) is 12.8 Å². The molecule has 0 unspecified atom stereocenters. The second-order valence-electron chi connectivity index (χ2n) is 13.8. The fourth-order valence-electron chi connectivity index (χ4n) is 5.83. The number of nitrogens with zero attached hydrogens (tertiary/aromatic N) is 8. The predicted molar refractivity (Wildman–Crippen MR) is 212 cm³/mol. The molecule has 0 radical (unpaired) electrons. The topological polar surface area (TPSA) is 267 Å². The maximum Gasteiger partial charge on any atom is 0.338 e. The van der Waals surface area contributed by atoms with Crippen molar-refractivity contribution in [2.24, 2.45) is 5.73 Å². The molecule has 0 spiro atoms. The number of nitrogen functional groups attached to an aromatic ring is 2. The smallest absolute Gasteiger partial charge is 0.338 e. The van der Waals surface area contributed by atoms with E-state index in [0.29, 0.717) is 51.4 Å².